The van der Waals surface area contributed by atoms with E-state index < -0.39 is 0 Å². The van der Waals surface area contributed by atoms with Gasteiger partial charge < -0.3 is 14.8 Å². The molecular weight excluding hydrogens is 290 g/mol. The molecule has 0 fully saturated rings. The van der Waals surface area contributed by atoms with Gasteiger partial charge in [0.25, 0.3) is 5.91 Å². The van der Waals surface area contributed by atoms with E-state index in [0.717, 1.165) is 29.9 Å². The molecule has 0 spiro atoms. The smallest absolute Gasteiger partial charge is 0.251 e. The van der Waals surface area contributed by atoms with E-state index in [-0.39, 0.29) is 5.91 Å². The van der Waals surface area contributed by atoms with Gasteiger partial charge in [0.2, 0.25) is 0 Å². The summed E-state index contributed by atoms with van der Waals surface area (Å²) in [7, 11) is 1.63. The van der Waals surface area contributed by atoms with E-state index in [2.05, 4.69) is 11.4 Å². The number of ether oxygens (including phenoxy) is 2. The molecule has 3 rings (SSSR count). The maximum absolute atomic E-state index is 12.2. The van der Waals surface area contributed by atoms with Crippen LogP contribution >= 0.6 is 0 Å². The highest BCUT2D eigenvalue weighted by molar-refractivity contribution is 5.94. The van der Waals surface area contributed by atoms with Crippen molar-refractivity contribution in [2.75, 3.05) is 20.3 Å². The number of aryl methyl sites for hydroxylation is 2. The molecule has 120 valence electrons. The molecule has 2 aromatic rings. The van der Waals surface area contributed by atoms with Crippen LogP contribution in [0.1, 0.15) is 27.9 Å². The highest BCUT2D eigenvalue weighted by atomic mass is 16.5. The first-order valence-electron chi connectivity index (χ1n) is 7.93. The molecule has 4 nitrogen and oxygen atoms in total. The van der Waals surface area contributed by atoms with Crippen molar-refractivity contribution in [1.82, 2.24) is 5.32 Å². The molecule has 4 heteroatoms. The molecule has 2 aromatic carbocycles. The maximum atomic E-state index is 12.2. The van der Waals surface area contributed by atoms with Gasteiger partial charge in [-0.25, -0.2) is 0 Å². The minimum atomic E-state index is -0.0435. The second kappa shape index (κ2) is 7.18. The summed E-state index contributed by atoms with van der Waals surface area (Å²) < 4.78 is 10.7. The second-order valence-electron chi connectivity index (χ2n) is 5.62. The van der Waals surface area contributed by atoms with Crippen LogP contribution in [-0.2, 0) is 12.8 Å². The average molecular weight is 311 g/mol. The zero-order chi connectivity index (χ0) is 16.1. The Morgan fingerprint density at radius 3 is 2.57 bits per heavy atom. The fourth-order valence-electron chi connectivity index (χ4n) is 2.82. The van der Waals surface area contributed by atoms with Gasteiger partial charge >= 0.3 is 0 Å². The van der Waals surface area contributed by atoms with E-state index in [4.69, 9.17) is 9.47 Å². The average Bonchev–Trinajstić information content (AvgIpc) is 3.06. The molecule has 1 N–H and O–H groups in total. The van der Waals surface area contributed by atoms with Crippen LogP contribution < -0.4 is 14.8 Å². The second-order valence-corrected chi connectivity index (χ2v) is 5.62. The highest BCUT2D eigenvalue weighted by Crippen LogP contribution is 2.22. The molecule has 0 unspecified atom stereocenters. The van der Waals surface area contributed by atoms with Gasteiger partial charge in [-0.15, -0.1) is 0 Å². The lowest BCUT2D eigenvalue weighted by molar-refractivity contribution is 0.0947. The standard InChI is InChI=1S/C19H21NO3/c1-22-17-7-9-18(10-8-17)23-12-11-20-19(21)16-6-5-14-3-2-4-15(14)13-16/h5-10,13H,2-4,11-12H2,1H3,(H,20,21). The van der Waals surface area contributed by atoms with E-state index in [9.17, 15) is 4.79 Å². The van der Waals surface area contributed by atoms with Crippen LogP contribution in [0.25, 0.3) is 0 Å². The molecule has 0 saturated heterocycles. The summed E-state index contributed by atoms with van der Waals surface area (Å²) in [6.45, 7) is 0.908. The number of fused-ring (bicyclic) bond motifs is 1. The van der Waals surface area contributed by atoms with E-state index in [1.807, 2.05) is 36.4 Å². The van der Waals surface area contributed by atoms with Crippen molar-refractivity contribution in [1.29, 1.82) is 0 Å². The molecule has 0 heterocycles. The molecule has 23 heavy (non-hydrogen) atoms. The lowest BCUT2D eigenvalue weighted by Crippen LogP contribution is -2.28. The minimum absolute atomic E-state index is 0.0435. The van der Waals surface area contributed by atoms with Crippen LogP contribution in [0.5, 0.6) is 11.5 Å². The number of carbonyl (C=O) groups is 1. The first-order chi connectivity index (χ1) is 11.3. The topological polar surface area (TPSA) is 47.6 Å². The van der Waals surface area contributed by atoms with Gasteiger partial charge in [0.15, 0.2) is 0 Å². The molecule has 1 amide bonds. The normalized spacial score (nSPS) is 12.6. The Kier molecular flexibility index (Phi) is 4.81. The Labute approximate surface area is 136 Å². The van der Waals surface area contributed by atoms with Crippen molar-refractivity contribution < 1.29 is 14.3 Å². The van der Waals surface area contributed by atoms with Crippen molar-refractivity contribution in [2.24, 2.45) is 0 Å². The summed E-state index contributed by atoms with van der Waals surface area (Å²) in [6, 6.07) is 13.4. The van der Waals surface area contributed by atoms with Crippen LogP contribution in [0.2, 0.25) is 0 Å². The van der Waals surface area contributed by atoms with Crippen molar-refractivity contribution in [3.8, 4) is 11.5 Å². The van der Waals surface area contributed by atoms with E-state index in [1.54, 1.807) is 7.11 Å². The molecule has 0 aromatic heterocycles. The predicted molar refractivity (Wildman–Crippen MR) is 89.3 cm³/mol. The van der Waals surface area contributed by atoms with Crippen LogP contribution in [0, 0.1) is 0 Å². The molecule has 1 aliphatic rings. The van der Waals surface area contributed by atoms with Crippen molar-refractivity contribution >= 4 is 5.91 Å². The first-order valence-corrected chi connectivity index (χ1v) is 7.93. The van der Waals surface area contributed by atoms with Gasteiger partial charge in [-0.05, 0) is 66.8 Å². The van der Waals surface area contributed by atoms with Crippen LogP contribution in [0.15, 0.2) is 42.5 Å². The molecule has 0 aliphatic heterocycles. The van der Waals surface area contributed by atoms with Gasteiger partial charge in [-0.3, -0.25) is 4.79 Å². The fraction of sp³-hybridized carbons (Fsp3) is 0.316. The molecule has 0 radical (unpaired) electrons. The molecule has 0 atom stereocenters. The van der Waals surface area contributed by atoms with Gasteiger partial charge in [-0.1, -0.05) is 6.07 Å². The summed E-state index contributed by atoms with van der Waals surface area (Å²) in [5.41, 5.74) is 3.42. The van der Waals surface area contributed by atoms with E-state index >= 15 is 0 Å². The van der Waals surface area contributed by atoms with E-state index in [1.165, 1.54) is 17.5 Å². The van der Waals surface area contributed by atoms with E-state index in [0.29, 0.717) is 13.2 Å². The third-order valence-electron chi connectivity index (χ3n) is 4.08. The van der Waals surface area contributed by atoms with Crippen molar-refractivity contribution in [3.63, 3.8) is 0 Å². The Morgan fingerprint density at radius 2 is 1.78 bits per heavy atom. The Balaban J connectivity index is 1.45. The zero-order valence-corrected chi connectivity index (χ0v) is 13.3. The monoisotopic (exact) mass is 311 g/mol. The maximum Gasteiger partial charge on any atom is 0.251 e. The lowest BCUT2D eigenvalue weighted by atomic mass is 10.1. The number of amides is 1. The summed E-state index contributed by atoms with van der Waals surface area (Å²) >= 11 is 0. The Hall–Kier alpha value is -2.49. The van der Waals surface area contributed by atoms with Crippen LogP contribution in [0.4, 0.5) is 0 Å². The minimum Gasteiger partial charge on any atom is -0.497 e. The summed E-state index contributed by atoms with van der Waals surface area (Å²) in [4.78, 5) is 12.2. The zero-order valence-electron chi connectivity index (χ0n) is 13.3. The van der Waals surface area contributed by atoms with Gasteiger partial charge in [0, 0.05) is 5.56 Å². The summed E-state index contributed by atoms with van der Waals surface area (Å²) in [6.07, 6.45) is 3.40. The number of benzene rings is 2. The number of hydrogen-bond acceptors (Lipinski definition) is 3. The molecule has 0 bridgehead atoms. The number of carbonyl (C=O) groups excluding carboxylic acids is 1. The lowest BCUT2D eigenvalue weighted by Gasteiger charge is -2.09. The van der Waals surface area contributed by atoms with Crippen molar-refractivity contribution in [2.45, 2.75) is 19.3 Å². The first kappa shape index (κ1) is 15.4. The van der Waals surface area contributed by atoms with Gasteiger partial charge in [0.05, 0.1) is 13.7 Å². The third kappa shape index (κ3) is 3.83. The summed E-state index contributed by atoms with van der Waals surface area (Å²) in [5.74, 6) is 1.51. The highest BCUT2D eigenvalue weighted by Gasteiger charge is 2.13. The quantitative estimate of drug-likeness (QED) is 0.834. The van der Waals surface area contributed by atoms with Crippen molar-refractivity contribution in [3.05, 3.63) is 59.2 Å². The fourth-order valence-corrected chi connectivity index (χ4v) is 2.82. The number of hydrogen-bond donors (Lipinski definition) is 1. The number of nitrogens with one attached hydrogen (secondary N) is 1. The third-order valence-corrected chi connectivity index (χ3v) is 4.08. The predicted octanol–water partition coefficient (Wildman–Crippen LogP) is 2.99. The Morgan fingerprint density at radius 1 is 1.04 bits per heavy atom. The largest absolute Gasteiger partial charge is 0.497 e. The number of rotatable bonds is 6. The Bertz CT molecular complexity index is 680. The van der Waals surface area contributed by atoms with Gasteiger partial charge in [0.1, 0.15) is 18.1 Å². The summed E-state index contributed by atoms with van der Waals surface area (Å²) in [5, 5.41) is 2.89. The molecular formula is C19H21NO3. The van der Waals surface area contributed by atoms with Crippen LogP contribution in [0.3, 0.4) is 0 Å². The molecule has 0 saturated carbocycles. The SMILES string of the molecule is COc1ccc(OCCNC(=O)c2ccc3c(c2)CCC3)cc1. The van der Waals surface area contributed by atoms with Crippen LogP contribution in [-0.4, -0.2) is 26.2 Å². The molecule has 1 aliphatic carbocycles. The van der Waals surface area contributed by atoms with Gasteiger partial charge in [-0.2, -0.15) is 0 Å². The number of methoxy groups -OCH3 is 1.